The summed E-state index contributed by atoms with van der Waals surface area (Å²) < 4.78 is 11.0. The number of benzene rings is 1. The van der Waals surface area contributed by atoms with Crippen LogP contribution in [-0.4, -0.2) is 19.1 Å². The summed E-state index contributed by atoms with van der Waals surface area (Å²) in [7, 11) is 0. The number of nitriles is 1. The molecule has 5 nitrogen and oxygen atoms in total. The van der Waals surface area contributed by atoms with Gasteiger partial charge in [0.15, 0.2) is 11.5 Å². The van der Waals surface area contributed by atoms with E-state index in [0.29, 0.717) is 46.8 Å². The Balaban J connectivity index is 1.58. The Bertz CT molecular complexity index is 897. The number of thiophene rings is 1. The highest BCUT2D eigenvalue weighted by Crippen LogP contribution is 2.40. The third-order valence-electron chi connectivity index (χ3n) is 5.09. The first-order chi connectivity index (χ1) is 12.7. The van der Waals surface area contributed by atoms with Crippen molar-refractivity contribution < 1.29 is 14.3 Å². The molecular formula is C20H20N2O3S. The van der Waals surface area contributed by atoms with Gasteiger partial charge in [0, 0.05) is 10.4 Å². The number of amides is 1. The van der Waals surface area contributed by atoms with Gasteiger partial charge in [-0.1, -0.05) is 13.3 Å². The standard InChI is InChI=1S/C20H20N2O3S/c1-2-12-3-5-14-15(11-21)20(26-18(14)9-12)22-19(23)13-4-6-16-17(10-13)25-8-7-24-16/h4,6,10,12H,2-3,5,7-9H2,1H3,(H,22,23). The summed E-state index contributed by atoms with van der Waals surface area (Å²) in [4.78, 5) is 13.9. The molecule has 0 spiro atoms. The summed E-state index contributed by atoms with van der Waals surface area (Å²) in [5.41, 5.74) is 2.25. The molecule has 1 aromatic carbocycles. The largest absolute Gasteiger partial charge is 0.486 e. The molecule has 26 heavy (non-hydrogen) atoms. The van der Waals surface area contributed by atoms with Gasteiger partial charge in [-0.2, -0.15) is 5.26 Å². The van der Waals surface area contributed by atoms with E-state index in [1.807, 2.05) is 0 Å². The highest BCUT2D eigenvalue weighted by molar-refractivity contribution is 7.16. The maximum Gasteiger partial charge on any atom is 0.256 e. The number of carbonyl (C=O) groups excluding carboxylic acids is 1. The van der Waals surface area contributed by atoms with E-state index in [0.717, 1.165) is 31.2 Å². The lowest BCUT2D eigenvalue weighted by Gasteiger charge is -2.20. The Morgan fingerprint density at radius 3 is 2.92 bits per heavy atom. The molecule has 1 unspecified atom stereocenters. The molecule has 2 aromatic rings. The SMILES string of the molecule is CCC1CCc2c(sc(NC(=O)c3ccc4c(c3)OCCO4)c2C#N)C1. The summed E-state index contributed by atoms with van der Waals surface area (Å²) in [6, 6.07) is 7.45. The minimum atomic E-state index is -0.232. The van der Waals surface area contributed by atoms with Crippen LogP contribution < -0.4 is 14.8 Å². The monoisotopic (exact) mass is 368 g/mol. The summed E-state index contributed by atoms with van der Waals surface area (Å²) in [5.74, 6) is 1.68. The van der Waals surface area contributed by atoms with Crippen molar-refractivity contribution in [2.45, 2.75) is 32.6 Å². The number of ether oxygens (including phenoxy) is 2. The Kier molecular flexibility index (Phi) is 4.56. The van der Waals surface area contributed by atoms with Crippen molar-refractivity contribution in [1.29, 1.82) is 5.26 Å². The molecule has 0 saturated carbocycles. The lowest BCUT2D eigenvalue weighted by atomic mass is 9.86. The fraction of sp³-hybridized carbons (Fsp3) is 0.400. The quantitative estimate of drug-likeness (QED) is 0.883. The molecule has 0 saturated heterocycles. The fourth-order valence-corrected chi connectivity index (χ4v) is 4.88. The Morgan fingerprint density at radius 2 is 2.15 bits per heavy atom. The van der Waals surface area contributed by atoms with Crippen molar-refractivity contribution >= 4 is 22.2 Å². The van der Waals surface area contributed by atoms with Crippen LogP contribution in [0.25, 0.3) is 0 Å². The van der Waals surface area contributed by atoms with Crippen molar-refractivity contribution in [3.05, 3.63) is 39.8 Å². The van der Waals surface area contributed by atoms with Crippen LogP contribution in [0.3, 0.4) is 0 Å². The van der Waals surface area contributed by atoms with Crippen molar-refractivity contribution in [3.63, 3.8) is 0 Å². The summed E-state index contributed by atoms with van der Waals surface area (Å²) >= 11 is 1.55. The smallest absolute Gasteiger partial charge is 0.256 e. The molecule has 6 heteroatoms. The third kappa shape index (κ3) is 3.04. The zero-order valence-electron chi connectivity index (χ0n) is 14.6. The molecule has 0 bridgehead atoms. The van der Waals surface area contributed by atoms with Crippen LogP contribution in [0.4, 0.5) is 5.00 Å². The van der Waals surface area contributed by atoms with Crippen LogP contribution in [-0.2, 0) is 12.8 Å². The number of hydrogen-bond acceptors (Lipinski definition) is 5. The summed E-state index contributed by atoms with van der Waals surface area (Å²) in [6.45, 7) is 3.20. The maximum atomic E-state index is 12.7. The number of carbonyl (C=O) groups is 1. The number of anilines is 1. The van der Waals surface area contributed by atoms with Crippen LogP contribution in [0.15, 0.2) is 18.2 Å². The van der Waals surface area contributed by atoms with Gasteiger partial charge in [-0.15, -0.1) is 11.3 Å². The number of nitrogens with one attached hydrogen (secondary N) is 1. The van der Waals surface area contributed by atoms with Crippen LogP contribution in [0.2, 0.25) is 0 Å². The molecule has 1 N–H and O–H groups in total. The van der Waals surface area contributed by atoms with Gasteiger partial charge >= 0.3 is 0 Å². The van der Waals surface area contributed by atoms with E-state index in [9.17, 15) is 10.1 Å². The molecular weight excluding hydrogens is 348 g/mol. The first-order valence-electron chi connectivity index (χ1n) is 8.95. The topological polar surface area (TPSA) is 71.3 Å². The van der Waals surface area contributed by atoms with Crippen LogP contribution in [0, 0.1) is 17.2 Å². The number of nitrogens with zero attached hydrogens (tertiary/aromatic N) is 1. The molecule has 0 radical (unpaired) electrons. The van der Waals surface area contributed by atoms with Crippen molar-refractivity contribution in [2.24, 2.45) is 5.92 Å². The maximum absolute atomic E-state index is 12.7. The molecule has 0 fully saturated rings. The molecule has 4 rings (SSSR count). The highest BCUT2D eigenvalue weighted by atomic mass is 32.1. The minimum Gasteiger partial charge on any atom is -0.486 e. The van der Waals surface area contributed by atoms with Crippen LogP contribution in [0.1, 0.15) is 46.1 Å². The van der Waals surface area contributed by atoms with Gasteiger partial charge in [-0.25, -0.2) is 0 Å². The van der Waals surface area contributed by atoms with Gasteiger partial charge in [-0.3, -0.25) is 4.79 Å². The van der Waals surface area contributed by atoms with E-state index in [1.54, 1.807) is 29.5 Å². The van der Waals surface area contributed by atoms with E-state index in [4.69, 9.17) is 9.47 Å². The molecule has 1 amide bonds. The van der Waals surface area contributed by atoms with Crippen LogP contribution in [0.5, 0.6) is 11.5 Å². The van der Waals surface area contributed by atoms with Gasteiger partial charge in [0.25, 0.3) is 5.91 Å². The molecule has 134 valence electrons. The van der Waals surface area contributed by atoms with E-state index in [2.05, 4.69) is 18.3 Å². The van der Waals surface area contributed by atoms with Crippen LogP contribution >= 0.6 is 11.3 Å². The number of hydrogen-bond donors (Lipinski definition) is 1. The van der Waals surface area contributed by atoms with E-state index in [1.165, 1.54) is 4.88 Å². The van der Waals surface area contributed by atoms with Gasteiger partial charge in [-0.05, 0) is 48.9 Å². The predicted octanol–water partition coefficient (Wildman–Crippen LogP) is 4.16. The van der Waals surface area contributed by atoms with Gasteiger partial charge in [0.2, 0.25) is 0 Å². The van der Waals surface area contributed by atoms with Gasteiger partial charge in [0.05, 0.1) is 5.56 Å². The zero-order valence-corrected chi connectivity index (χ0v) is 15.4. The molecule has 2 heterocycles. The normalized spacial score (nSPS) is 17.9. The Labute approximate surface area is 156 Å². The summed E-state index contributed by atoms with van der Waals surface area (Å²) in [6.07, 6.45) is 4.20. The Hall–Kier alpha value is -2.52. The highest BCUT2D eigenvalue weighted by Gasteiger charge is 2.26. The summed E-state index contributed by atoms with van der Waals surface area (Å²) in [5, 5.41) is 13.2. The second kappa shape index (κ2) is 7.00. The fourth-order valence-electron chi connectivity index (χ4n) is 3.57. The van der Waals surface area contributed by atoms with E-state index in [-0.39, 0.29) is 5.91 Å². The zero-order chi connectivity index (χ0) is 18.1. The second-order valence-electron chi connectivity index (χ2n) is 6.65. The molecule has 1 aliphatic heterocycles. The predicted molar refractivity (Wildman–Crippen MR) is 100 cm³/mol. The van der Waals surface area contributed by atoms with Gasteiger partial charge in [0.1, 0.15) is 24.3 Å². The molecule has 2 aliphatic rings. The van der Waals surface area contributed by atoms with E-state index < -0.39 is 0 Å². The molecule has 1 atom stereocenters. The second-order valence-corrected chi connectivity index (χ2v) is 7.75. The minimum absolute atomic E-state index is 0.232. The first-order valence-corrected chi connectivity index (χ1v) is 9.77. The van der Waals surface area contributed by atoms with Crippen molar-refractivity contribution in [3.8, 4) is 17.6 Å². The first kappa shape index (κ1) is 16.9. The van der Waals surface area contributed by atoms with Gasteiger partial charge < -0.3 is 14.8 Å². The van der Waals surface area contributed by atoms with Crippen molar-refractivity contribution in [2.75, 3.05) is 18.5 Å². The number of rotatable bonds is 3. The molecule has 1 aromatic heterocycles. The average Bonchev–Trinajstić information content (AvgIpc) is 3.03. The molecule has 1 aliphatic carbocycles. The number of fused-ring (bicyclic) bond motifs is 2. The van der Waals surface area contributed by atoms with E-state index >= 15 is 0 Å². The lowest BCUT2D eigenvalue weighted by molar-refractivity contribution is 0.102. The van der Waals surface area contributed by atoms with Crippen molar-refractivity contribution in [1.82, 2.24) is 0 Å². The Morgan fingerprint density at radius 1 is 1.35 bits per heavy atom. The average molecular weight is 368 g/mol. The third-order valence-corrected chi connectivity index (χ3v) is 6.26. The lowest BCUT2D eigenvalue weighted by Crippen LogP contribution is -2.17.